The summed E-state index contributed by atoms with van der Waals surface area (Å²) in [6.07, 6.45) is -9.57. The van der Waals surface area contributed by atoms with Crippen molar-refractivity contribution in [1.29, 1.82) is 0 Å². The highest BCUT2D eigenvalue weighted by atomic mass is 35.5. The molecule has 0 aromatic heterocycles. The smallest absolute Gasteiger partial charge is 0.360 e. The molecule has 1 heterocycles. The first-order valence-electron chi connectivity index (χ1n) is 12.4. The molecule has 0 saturated carbocycles. The van der Waals surface area contributed by atoms with Gasteiger partial charge in [0, 0.05) is 20.1 Å². The Bertz CT molecular complexity index is 1140. The number of likely N-dealkylation sites (tertiary alicyclic amines) is 1. The van der Waals surface area contributed by atoms with Crippen molar-refractivity contribution in [2.45, 2.75) is 64.0 Å². The minimum atomic E-state index is -4.99. The number of piperidine rings is 1. The normalized spacial score (nSPS) is 18.9. The molecule has 5 nitrogen and oxygen atoms in total. The molecule has 40 heavy (non-hydrogen) atoms. The highest BCUT2D eigenvalue weighted by Crippen LogP contribution is 2.38. The second kappa shape index (κ2) is 12.9. The molecule has 3 atom stereocenters. The number of urea groups is 1. The van der Waals surface area contributed by atoms with E-state index in [2.05, 4.69) is 0 Å². The molecular formula is C27H33ClF7N3O2. The van der Waals surface area contributed by atoms with Crippen LogP contribution in [0.5, 0.6) is 0 Å². The van der Waals surface area contributed by atoms with E-state index >= 15 is 0 Å². The summed E-state index contributed by atoms with van der Waals surface area (Å²) < 4.78 is 99.8. The number of hydrogen-bond acceptors (Lipinski definition) is 3. The van der Waals surface area contributed by atoms with Crippen LogP contribution in [0.3, 0.4) is 0 Å². The van der Waals surface area contributed by atoms with Gasteiger partial charge in [-0.2, -0.15) is 26.3 Å². The lowest BCUT2D eigenvalue weighted by Gasteiger charge is -2.42. The number of alkyl halides is 6. The van der Waals surface area contributed by atoms with Crippen LogP contribution in [0.25, 0.3) is 0 Å². The third kappa shape index (κ3) is 8.23. The molecule has 0 aliphatic carbocycles. The predicted molar refractivity (Wildman–Crippen MR) is 138 cm³/mol. The lowest BCUT2D eigenvalue weighted by Crippen LogP contribution is -2.49. The summed E-state index contributed by atoms with van der Waals surface area (Å²) in [6, 6.07) is 4.37. The maximum Gasteiger partial charge on any atom is 0.416 e. The van der Waals surface area contributed by atoms with Crippen molar-refractivity contribution in [3.8, 4) is 0 Å². The zero-order chi connectivity index (χ0) is 29.3. The molecule has 0 bridgehead atoms. The highest BCUT2D eigenvalue weighted by molar-refractivity contribution is 5.85. The molecule has 0 spiro atoms. The second-order valence-corrected chi connectivity index (χ2v) is 10.1. The third-order valence-corrected chi connectivity index (χ3v) is 6.90. The maximum atomic E-state index is 13.8. The largest absolute Gasteiger partial charge is 0.416 e. The van der Waals surface area contributed by atoms with Gasteiger partial charge in [-0.1, -0.05) is 6.07 Å². The van der Waals surface area contributed by atoms with E-state index in [1.807, 2.05) is 25.9 Å². The van der Waals surface area contributed by atoms with Gasteiger partial charge in [0.25, 0.3) is 0 Å². The number of aryl methyl sites for hydroxylation is 1. The third-order valence-electron chi connectivity index (χ3n) is 6.90. The van der Waals surface area contributed by atoms with Crippen LogP contribution < -0.4 is 0 Å². The van der Waals surface area contributed by atoms with Gasteiger partial charge in [0.15, 0.2) is 0 Å². The molecule has 3 unspecified atom stereocenters. The van der Waals surface area contributed by atoms with Crippen molar-refractivity contribution < 1.29 is 40.3 Å². The molecule has 224 valence electrons. The van der Waals surface area contributed by atoms with Crippen molar-refractivity contribution in [2.75, 3.05) is 27.7 Å². The minimum absolute atomic E-state index is 0. The van der Waals surface area contributed by atoms with Crippen LogP contribution in [-0.4, -0.2) is 60.8 Å². The van der Waals surface area contributed by atoms with Crippen LogP contribution in [0.4, 0.5) is 35.5 Å². The molecule has 2 aromatic rings. The van der Waals surface area contributed by atoms with E-state index < -0.39 is 47.9 Å². The van der Waals surface area contributed by atoms with E-state index in [0.29, 0.717) is 36.1 Å². The summed E-state index contributed by atoms with van der Waals surface area (Å²) in [4.78, 5) is 18.0. The van der Waals surface area contributed by atoms with Crippen molar-refractivity contribution in [1.82, 2.24) is 14.7 Å². The molecule has 13 heteroatoms. The average molecular weight is 600 g/mol. The number of halogens is 8. The molecule has 1 aliphatic heterocycles. The van der Waals surface area contributed by atoms with Crippen molar-refractivity contribution >= 4 is 18.4 Å². The maximum absolute atomic E-state index is 13.8. The lowest BCUT2D eigenvalue weighted by molar-refractivity contribution is -0.143. The summed E-state index contributed by atoms with van der Waals surface area (Å²) >= 11 is 0. The first-order valence-corrected chi connectivity index (χ1v) is 12.4. The molecular weight excluding hydrogens is 567 g/mol. The molecule has 1 aliphatic rings. The first kappa shape index (κ1) is 33.6. The number of amides is 2. The number of hydrogen-bond donors (Lipinski definition) is 0. The number of carbonyl (C=O) groups is 1. The van der Waals surface area contributed by atoms with Crippen LogP contribution >= 0.6 is 12.4 Å². The quantitative estimate of drug-likeness (QED) is 0.259. The molecule has 0 radical (unpaired) electrons. The fraction of sp³-hybridized carbons (Fsp3) is 0.519. The number of ether oxygens (including phenoxy) is 1. The monoisotopic (exact) mass is 599 g/mol. The molecule has 0 N–H and O–H groups in total. The zero-order valence-electron chi connectivity index (χ0n) is 22.7. The van der Waals surface area contributed by atoms with Gasteiger partial charge < -0.3 is 14.5 Å². The Morgan fingerprint density at radius 2 is 1.60 bits per heavy atom. The Labute approximate surface area is 235 Å². The highest BCUT2D eigenvalue weighted by Gasteiger charge is 2.38. The van der Waals surface area contributed by atoms with Crippen molar-refractivity contribution in [2.24, 2.45) is 0 Å². The number of benzene rings is 2. The molecule has 2 amide bonds. The Morgan fingerprint density at radius 1 is 1.02 bits per heavy atom. The van der Waals surface area contributed by atoms with E-state index in [4.69, 9.17) is 4.74 Å². The van der Waals surface area contributed by atoms with E-state index in [9.17, 15) is 35.5 Å². The molecule has 1 fully saturated rings. The van der Waals surface area contributed by atoms with E-state index in [1.54, 1.807) is 13.0 Å². The minimum Gasteiger partial charge on any atom is -0.360 e. The number of carbonyl (C=O) groups excluding carboxylic acids is 1. The molecule has 3 rings (SSSR count). The fourth-order valence-electron chi connectivity index (χ4n) is 4.67. The lowest BCUT2D eigenvalue weighted by atomic mass is 9.90. The van der Waals surface area contributed by atoms with Crippen molar-refractivity contribution in [3.63, 3.8) is 0 Å². The van der Waals surface area contributed by atoms with Crippen LogP contribution in [0, 0.1) is 12.7 Å². The Kier molecular flexibility index (Phi) is 10.9. The van der Waals surface area contributed by atoms with Gasteiger partial charge in [-0.05, 0) is 87.8 Å². The van der Waals surface area contributed by atoms with E-state index in [-0.39, 0.29) is 42.9 Å². The Morgan fingerprint density at radius 3 is 2.10 bits per heavy atom. The van der Waals surface area contributed by atoms with Crippen LogP contribution in [0.2, 0.25) is 0 Å². The van der Waals surface area contributed by atoms with E-state index in [0.717, 1.165) is 4.90 Å². The first-order chi connectivity index (χ1) is 18.0. The summed E-state index contributed by atoms with van der Waals surface area (Å²) in [5.41, 5.74) is -1.90. The predicted octanol–water partition coefficient (Wildman–Crippen LogP) is 7.28. The average Bonchev–Trinajstić information content (AvgIpc) is 2.82. The standard InChI is InChI=1S/C27H32F7N3O2.ClH/c1-16-10-21(28)6-7-23(16)24-14-22(39-17(2)35(3)4)8-9-37(24)25(38)36(5)15-18-11-19(26(29,30)31)13-20(12-18)27(32,33)34;/h6-7,10-13,17,22,24H,8-9,14-15H2,1-5H3;1H. The Balaban J connectivity index is 0.00000560. The summed E-state index contributed by atoms with van der Waals surface area (Å²) in [7, 11) is 5.04. The molecule has 1 saturated heterocycles. The van der Waals surface area contributed by atoms with Crippen LogP contribution in [0.1, 0.15) is 53.6 Å². The Hall–Kier alpha value is -2.57. The summed E-state index contributed by atoms with van der Waals surface area (Å²) in [5.74, 6) is -0.443. The number of nitrogens with zero attached hydrogens (tertiary/aromatic N) is 3. The van der Waals surface area contributed by atoms with Crippen LogP contribution in [-0.2, 0) is 23.6 Å². The topological polar surface area (TPSA) is 36.0 Å². The zero-order valence-corrected chi connectivity index (χ0v) is 23.6. The van der Waals surface area contributed by atoms with Gasteiger partial charge in [0.1, 0.15) is 12.0 Å². The van der Waals surface area contributed by atoms with Gasteiger partial charge in [0.2, 0.25) is 0 Å². The van der Waals surface area contributed by atoms with Gasteiger partial charge in [0.05, 0.1) is 23.3 Å². The van der Waals surface area contributed by atoms with Gasteiger partial charge in [-0.3, -0.25) is 4.90 Å². The summed E-state index contributed by atoms with van der Waals surface area (Å²) in [5, 5.41) is 0. The van der Waals surface area contributed by atoms with E-state index in [1.165, 1.54) is 24.1 Å². The van der Waals surface area contributed by atoms with Gasteiger partial charge in [-0.15, -0.1) is 12.4 Å². The SMILES string of the molecule is Cc1cc(F)ccc1C1CC(OC(C)N(C)C)CCN1C(=O)N(C)Cc1cc(C(F)(F)F)cc(C(F)(F)F)c1.Cl. The van der Waals surface area contributed by atoms with Gasteiger partial charge in [-0.25, -0.2) is 9.18 Å². The summed E-state index contributed by atoms with van der Waals surface area (Å²) in [6.45, 7) is 3.34. The number of rotatable bonds is 6. The second-order valence-electron chi connectivity index (χ2n) is 10.1. The van der Waals surface area contributed by atoms with Crippen LogP contribution in [0.15, 0.2) is 36.4 Å². The van der Waals surface area contributed by atoms with Gasteiger partial charge >= 0.3 is 18.4 Å². The molecule has 2 aromatic carbocycles. The fourth-order valence-corrected chi connectivity index (χ4v) is 4.67. The van der Waals surface area contributed by atoms with Crippen molar-refractivity contribution in [3.05, 3.63) is 70.0 Å².